The second kappa shape index (κ2) is 6.74. The standard InChI is InChI=1S/C18H17ClN2OS/c1-11(19)17(22)21-18-15(10-20)14-8-7-13(9-16(14)23-18)12-5-3-2-4-6-12/h2-6,11,13H,7-9H2,1H3,(H,21,22)/t11-,13-/m0/s1. The Labute approximate surface area is 144 Å². The summed E-state index contributed by atoms with van der Waals surface area (Å²) in [4.78, 5) is 13.0. The number of alkyl halides is 1. The molecule has 118 valence electrons. The molecule has 1 N–H and O–H groups in total. The summed E-state index contributed by atoms with van der Waals surface area (Å²) >= 11 is 7.33. The van der Waals surface area contributed by atoms with Crippen molar-refractivity contribution in [1.82, 2.24) is 0 Å². The van der Waals surface area contributed by atoms with Crippen molar-refractivity contribution in [1.29, 1.82) is 5.26 Å². The second-order valence-electron chi connectivity index (χ2n) is 5.78. The van der Waals surface area contributed by atoms with Gasteiger partial charge in [0.1, 0.15) is 16.4 Å². The van der Waals surface area contributed by atoms with Crippen LogP contribution in [0.2, 0.25) is 0 Å². The van der Waals surface area contributed by atoms with Crippen molar-refractivity contribution in [3.63, 3.8) is 0 Å². The van der Waals surface area contributed by atoms with Crippen LogP contribution in [0.5, 0.6) is 0 Å². The molecule has 1 aliphatic rings. The van der Waals surface area contributed by atoms with Gasteiger partial charge in [0.15, 0.2) is 0 Å². The Morgan fingerprint density at radius 2 is 2.17 bits per heavy atom. The normalized spacial score (nSPS) is 17.9. The fraction of sp³-hybridized carbons (Fsp3) is 0.333. The average molecular weight is 345 g/mol. The smallest absolute Gasteiger partial charge is 0.242 e. The van der Waals surface area contributed by atoms with Crippen molar-refractivity contribution in [3.8, 4) is 6.07 Å². The minimum Gasteiger partial charge on any atom is -0.315 e. The van der Waals surface area contributed by atoms with Crippen LogP contribution in [0, 0.1) is 11.3 Å². The van der Waals surface area contributed by atoms with Crippen LogP contribution < -0.4 is 5.32 Å². The first kappa shape index (κ1) is 16.0. The molecule has 0 aliphatic heterocycles. The number of nitrogens with one attached hydrogen (secondary N) is 1. The van der Waals surface area contributed by atoms with E-state index in [9.17, 15) is 10.1 Å². The molecule has 0 fully saturated rings. The van der Waals surface area contributed by atoms with Gasteiger partial charge in [0.25, 0.3) is 0 Å². The van der Waals surface area contributed by atoms with Crippen LogP contribution in [0.4, 0.5) is 5.00 Å². The number of halogens is 1. The lowest BCUT2D eigenvalue weighted by molar-refractivity contribution is -0.115. The van der Waals surface area contributed by atoms with Crippen LogP contribution in [-0.2, 0) is 17.6 Å². The molecular formula is C18H17ClN2OS. The van der Waals surface area contributed by atoms with Gasteiger partial charge in [0, 0.05) is 4.88 Å². The van der Waals surface area contributed by atoms with Crippen LogP contribution in [0.15, 0.2) is 30.3 Å². The molecule has 2 aromatic rings. The summed E-state index contributed by atoms with van der Waals surface area (Å²) in [6.07, 6.45) is 2.83. The molecule has 1 aromatic heterocycles. The predicted molar refractivity (Wildman–Crippen MR) is 94.2 cm³/mol. The molecule has 0 unspecified atom stereocenters. The molecule has 3 nitrogen and oxygen atoms in total. The van der Waals surface area contributed by atoms with Gasteiger partial charge in [0.05, 0.1) is 5.56 Å². The Morgan fingerprint density at radius 3 is 2.83 bits per heavy atom. The first-order valence-corrected chi connectivity index (χ1v) is 8.90. The lowest BCUT2D eigenvalue weighted by atomic mass is 9.83. The van der Waals surface area contributed by atoms with E-state index < -0.39 is 5.38 Å². The highest BCUT2D eigenvalue weighted by Crippen LogP contribution is 2.42. The molecule has 23 heavy (non-hydrogen) atoms. The van der Waals surface area contributed by atoms with Crippen molar-refractivity contribution in [3.05, 3.63) is 51.9 Å². The molecule has 0 radical (unpaired) electrons. The molecular weight excluding hydrogens is 328 g/mol. The maximum absolute atomic E-state index is 11.8. The van der Waals surface area contributed by atoms with E-state index in [4.69, 9.17) is 11.6 Å². The number of amides is 1. The minimum atomic E-state index is -0.613. The summed E-state index contributed by atoms with van der Waals surface area (Å²) < 4.78 is 0. The van der Waals surface area contributed by atoms with Crippen molar-refractivity contribution < 1.29 is 4.79 Å². The number of hydrogen-bond donors (Lipinski definition) is 1. The summed E-state index contributed by atoms with van der Waals surface area (Å²) in [7, 11) is 0. The number of carbonyl (C=O) groups excluding carboxylic acids is 1. The number of nitriles is 1. The quantitative estimate of drug-likeness (QED) is 0.836. The molecule has 3 rings (SSSR count). The maximum atomic E-state index is 11.8. The first-order chi connectivity index (χ1) is 11.1. The molecule has 0 bridgehead atoms. The van der Waals surface area contributed by atoms with Gasteiger partial charge in [-0.05, 0) is 43.2 Å². The van der Waals surface area contributed by atoms with Gasteiger partial charge in [-0.15, -0.1) is 22.9 Å². The lowest BCUT2D eigenvalue weighted by Crippen LogP contribution is -2.20. The largest absolute Gasteiger partial charge is 0.315 e. The van der Waals surface area contributed by atoms with Gasteiger partial charge >= 0.3 is 0 Å². The number of rotatable bonds is 3. The van der Waals surface area contributed by atoms with E-state index >= 15 is 0 Å². The van der Waals surface area contributed by atoms with Gasteiger partial charge in [-0.1, -0.05) is 30.3 Å². The van der Waals surface area contributed by atoms with Crippen molar-refractivity contribution in [2.24, 2.45) is 0 Å². The molecule has 1 amide bonds. The van der Waals surface area contributed by atoms with E-state index in [1.807, 2.05) is 6.07 Å². The number of hydrogen-bond acceptors (Lipinski definition) is 3. The average Bonchev–Trinajstić information content (AvgIpc) is 2.91. The predicted octanol–water partition coefficient (Wildman–Crippen LogP) is 4.46. The molecule has 0 saturated heterocycles. The summed E-state index contributed by atoms with van der Waals surface area (Å²) in [6, 6.07) is 12.7. The summed E-state index contributed by atoms with van der Waals surface area (Å²) in [6.45, 7) is 1.63. The molecule has 1 aliphatic carbocycles. The second-order valence-corrected chi connectivity index (χ2v) is 7.54. The molecule has 2 atom stereocenters. The van der Waals surface area contributed by atoms with E-state index in [0.29, 0.717) is 16.5 Å². The third-order valence-corrected chi connectivity index (χ3v) is 5.61. The Hall–Kier alpha value is -1.83. The maximum Gasteiger partial charge on any atom is 0.242 e. The van der Waals surface area contributed by atoms with Gasteiger partial charge in [-0.3, -0.25) is 4.79 Å². The number of thiophene rings is 1. The Kier molecular flexibility index (Phi) is 4.70. The zero-order valence-electron chi connectivity index (χ0n) is 12.8. The Bertz CT molecular complexity index is 761. The first-order valence-electron chi connectivity index (χ1n) is 7.64. The van der Waals surface area contributed by atoms with Crippen LogP contribution >= 0.6 is 22.9 Å². The van der Waals surface area contributed by atoms with E-state index in [2.05, 4.69) is 35.7 Å². The van der Waals surface area contributed by atoms with E-state index in [-0.39, 0.29) is 5.91 Å². The highest BCUT2D eigenvalue weighted by Gasteiger charge is 2.27. The minimum absolute atomic E-state index is 0.263. The number of anilines is 1. The molecule has 5 heteroatoms. The van der Waals surface area contributed by atoms with Crippen molar-refractivity contribution >= 4 is 33.8 Å². The molecule has 0 saturated carbocycles. The molecule has 1 heterocycles. The zero-order valence-corrected chi connectivity index (χ0v) is 14.4. The highest BCUT2D eigenvalue weighted by molar-refractivity contribution is 7.16. The van der Waals surface area contributed by atoms with Gasteiger partial charge < -0.3 is 5.32 Å². The number of nitrogens with zero attached hydrogens (tertiary/aromatic N) is 1. The summed E-state index contributed by atoms with van der Waals surface area (Å²) in [5.41, 5.74) is 3.05. The SMILES string of the molecule is C[C@H](Cl)C(=O)Nc1sc2c(c1C#N)CC[C@H](c1ccccc1)C2. The number of fused-ring (bicyclic) bond motifs is 1. The number of carbonyl (C=O) groups is 1. The van der Waals surface area contributed by atoms with Crippen molar-refractivity contribution in [2.45, 2.75) is 37.5 Å². The van der Waals surface area contributed by atoms with Crippen LogP contribution in [0.25, 0.3) is 0 Å². The Morgan fingerprint density at radius 1 is 1.43 bits per heavy atom. The third kappa shape index (κ3) is 3.26. The van der Waals surface area contributed by atoms with E-state index in [1.54, 1.807) is 6.92 Å². The summed E-state index contributed by atoms with van der Waals surface area (Å²) in [5, 5.41) is 12.3. The molecule has 0 spiro atoms. The van der Waals surface area contributed by atoms with E-state index in [1.165, 1.54) is 21.8 Å². The van der Waals surface area contributed by atoms with Gasteiger partial charge in [0.2, 0.25) is 5.91 Å². The van der Waals surface area contributed by atoms with Crippen LogP contribution in [0.3, 0.4) is 0 Å². The van der Waals surface area contributed by atoms with Gasteiger partial charge in [-0.25, -0.2) is 0 Å². The lowest BCUT2D eigenvalue weighted by Gasteiger charge is -2.22. The van der Waals surface area contributed by atoms with E-state index in [0.717, 1.165) is 24.8 Å². The zero-order chi connectivity index (χ0) is 16.4. The molecule has 1 aromatic carbocycles. The fourth-order valence-corrected chi connectivity index (χ4v) is 4.35. The monoisotopic (exact) mass is 344 g/mol. The van der Waals surface area contributed by atoms with Crippen molar-refractivity contribution in [2.75, 3.05) is 5.32 Å². The number of benzene rings is 1. The Balaban J connectivity index is 1.88. The fourth-order valence-electron chi connectivity index (χ4n) is 3.01. The topological polar surface area (TPSA) is 52.9 Å². The summed E-state index contributed by atoms with van der Waals surface area (Å²) in [5.74, 6) is 0.214. The third-order valence-electron chi connectivity index (χ3n) is 4.25. The van der Waals surface area contributed by atoms with Crippen LogP contribution in [0.1, 0.15) is 40.8 Å². The highest BCUT2D eigenvalue weighted by atomic mass is 35.5. The van der Waals surface area contributed by atoms with Gasteiger partial charge in [-0.2, -0.15) is 5.26 Å². The van der Waals surface area contributed by atoms with Crippen LogP contribution in [-0.4, -0.2) is 11.3 Å².